The highest BCUT2D eigenvalue weighted by atomic mass is 32.1. The molecule has 0 atom stereocenters. The molecule has 88 valence electrons. The number of hydrogen-bond donors (Lipinski definition) is 2. The van der Waals surface area contributed by atoms with Crippen molar-refractivity contribution in [2.24, 2.45) is 0 Å². The lowest BCUT2D eigenvalue weighted by Crippen LogP contribution is -2.24. The predicted octanol–water partition coefficient (Wildman–Crippen LogP) is 2.24. The van der Waals surface area contributed by atoms with Gasteiger partial charge >= 0.3 is 0 Å². The molecule has 5 heteroatoms. The second-order valence-electron chi connectivity index (χ2n) is 4.12. The number of nitrogens with zero attached hydrogens (tertiary/aromatic N) is 2. The first-order chi connectivity index (χ1) is 8.33. The van der Waals surface area contributed by atoms with Crippen LogP contribution >= 0.6 is 11.3 Å². The van der Waals surface area contributed by atoms with E-state index in [4.69, 9.17) is 0 Å². The minimum Gasteiger partial charge on any atom is -0.330 e. The van der Waals surface area contributed by atoms with Gasteiger partial charge in [0.2, 0.25) is 5.13 Å². The molecule has 0 aliphatic carbocycles. The largest absolute Gasteiger partial charge is 0.330 e. The fourth-order valence-electron chi connectivity index (χ4n) is 2.11. The molecule has 1 aliphatic rings. The molecule has 0 bridgehead atoms. The molecule has 2 heterocycles. The monoisotopic (exact) mass is 246 g/mol. The van der Waals surface area contributed by atoms with Gasteiger partial charge in [-0.1, -0.05) is 23.5 Å². The molecule has 0 amide bonds. The maximum Gasteiger partial charge on any atom is 0.210 e. The zero-order valence-electron chi connectivity index (χ0n) is 9.66. The van der Waals surface area contributed by atoms with Crippen molar-refractivity contribution in [3.63, 3.8) is 0 Å². The van der Waals surface area contributed by atoms with E-state index in [1.165, 1.54) is 16.8 Å². The van der Waals surface area contributed by atoms with Crippen LogP contribution in [0.5, 0.6) is 0 Å². The summed E-state index contributed by atoms with van der Waals surface area (Å²) in [5.41, 5.74) is 3.95. The summed E-state index contributed by atoms with van der Waals surface area (Å²) < 4.78 is 0. The van der Waals surface area contributed by atoms with Gasteiger partial charge in [0.1, 0.15) is 5.01 Å². The van der Waals surface area contributed by atoms with Gasteiger partial charge < -0.3 is 10.6 Å². The molecule has 0 unspecified atom stereocenters. The third kappa shape index (κ3) is 2.16. The standard InChI is InChI=1S/C12H14N4S/c1-8-15-16-12(17-8)14-11-4-2-3-9-7-13-6-5-10(9)11/h2-4,13H,5-7H2,1H3,(H,14,16). The maximum atomic E-state index is 4.10. The predicted molar refractivity (Wildman–Crippen MR) is 69.8 cm³/mol. The second-order valence-corrected chi connectivity index (χ2v) is 5.30. The Labute approximate surface area is 104 Å². The average molecular weight is 246 g/mol. The van der Waals surface area contributed by atoms with E-state index in [1.54, 1.807) is 11.3 Å². The van der Waals surface area contributed by atoms with Crippen LogP contribution < -0.4 is 10.6 Å². The highest BCUT2D eigenvalue weighted by Gasteiger charge is 2.13. The average Bonchev–Trinajstić information content (AvgIpc) is 2.75. The van der Waals surface area contributed by atoms with E-state index in [1.807, 2.05) is 6.92 Å². The maximum absolute atomic E-state index is 4.10. The summed E-state index contributed by atoms with van der Waals surface area (Å²) in [5.74, 6) is 0. The van der Waals surface area contributed by atoms with Crippen LogP contribution in [0.15, 0.2) is 18.2 Å². The normalized spacial score (nSPS) is 14.4. The molecule has 2 aromatic rings. The van der Waals surface area contributed by atoms with Crippen LogP contribution in [0.4, 0.5) is 10.8 Å². The molecule has 0 radical (unpaired) electrons. The fraction of sp³-hybridized carbons (Fsp3) is 0.333. The Kier molecular flexibility index (Phi) is 2.78. The van der Waals surface area contributed by atoms with E-state index in [2.05, 4.69) is 39.0 Å². The quantitative estimate of drug-likeness (QED) is 0.853. The summed E-state index contributed by atoms with van der Waals surface area (Å²) >= 11 is 1.58. The number of hydrogen-bond acceptors (Lipinski definition) is 5. The van der Waals surface area contributed by atoms with E-state index in [9.17, 15) is 0 Å². The fourth-order valence-corrected chi connectivity index (χ4v) is 2.72. The lowest BCUT2D eigenvalue weighted by Gasteiger charge is -2.20. The Balaban J connectivity index is 1.92. The van der Waals surface area contributed by atoms with E-state index in [0.29, 0.717) is 0 Å². The first kappa shape index (κ1) is 10.7. The first-order valence-corrected chi connectivity index (χ1v) is 6.53. The molecule has 0 saturated carbocycles. The summed E-state index contributed by atoms with van der Waals surface area (Å²) in [4.78, 5) is 0. The number of anilines is 2. The van der Waals surface area contributed by atoms with E-state index >= 15 is 0 Å². The van der Waals surface area contributed by atoms with Gasteiger partial charge in [-0.15, -0.1) is 10.2 Å². The zero-order chi connectivity index (χ0) is 11.7. The molecule has 0 saturated heterocycles. The molecule has 2 N–H and O–H groups in total. The Morgan fingerprint density at radius 1 is 1.35 bits per heavy atom. The second kappa shape index (κ2) is 4.43. The van der Waals surface area contributed by atoms with E-state index in [0.717, 1.165) is 29.6 Å². The third-order valence-corrected chi connectivity index (χ3v) is 3.66. The molecular formula is C12H14N4S. The topological polar surface area (TPSA) is 49.8 Å². The van der Waals surface area contributed by atoms with Crippen LogP contribution in [-0.2, 0) is 13.0 Å². The van der Waals surface area contributed by atoms with Gasteiger partial charge in [0.15, 0.2) is 0 Å². The summed E-state index contributed by atoms with van der Waals surface area (Å²) in [6, 6.07) is 6.38. The highest BCUT2D eigenvalue weighted by Crippen LogP contribution is 2.27. The van der Waals surface area contributed by atoms with Gasteiger partial charge in [-0.25, -0.2) is 0 Å². The van der Waals surface area contributed by atoms with Crippen LogP contribution in [0.25, 0.3) is 0 Å². The molecule has 3 rings (SSSR count). The number of fused-ring (bicyclic) bond motifs is 1. The summed E-state index contributed by atoms with van der Waals surface area (Å²) in [6.45, 7) is 3.97. The molecule has 1 aromatic carbocycles. The molecule has 0 spiro atoms. The van der Waals surface area contributed by atoms with Gasteiger partial charge in [-0.3, -0.25) is 0 Å². The van der Waals surface area contributed by atoms with Crippen LogP contribution in [0.3, 0.4) is 0 Å². The summed E-state index contributed by atoms with van der Waals surface area (Å²) in [7, 11) is 0. The minimum absolute atomic E-state index is 0.870. The molecule has 1 aromatic heterocycles. The number of rotatable bonds is 2. The van der Waals surface area contributed by atoms with Crippen LogP contribution in [0, 0.1) is 6.92 Å². The van der Waals surface area contributed by atoms with E-state index in [-0.39, 0.29) is 0 Å². The third-order valence-electron chi connectivity index (χ3n) is 2.91. The van der Waals surface area contributed by atoms with E-state index < -0.39 is 0 Å². The molecule has 4 nitrogen and oxygen atoms in total. The van der Waals surface area contributed by atoms with Gasteiger partial charge in [0.25, 0.3) is 0 Å². The molecular weight excluding hydrogens is 232 g/mol. The van der Waals surface area contributed by atoms with Crippen molar-refractivity contribution in [1.29, 1.82) is 0 Å². The Bertz CT molecular complexity index is 535. The van der Waals surface area contributed by atoms with Crippen LogP contribution in [0.1, 0.15) is 16.1 Å². The zero-order valence-corrected chi connectivity index (χ0v) is 10.5. The van der Waals surface area contributed by atoms with Crippen molar-refractivity contribution in [1.82, 2.24) is 15.5 Å². The van der Waals surface area contributed by atoms with Crippen molar-refractivity contribution in [2.75, 3.05) is 11.9 Å². The van der Waals surface area contributed by atoms with Crippen LogP contribution in [0.2, 0.25) is 0 Å². The van der Waals surface area contributed by atoms with Gasteiger partial charge in [-0.2, -0.15) is 0 Å². The number of aryl methyl sites for hydroxylation is 1. The van der Waals surface area contributed by atoms with Gasteiger partial charge in [-0.05, 0) is 37.1 Å². The molecule has 0 fully saturated rings. The Hall–Kier alpha value is -1.46. The number of benzene rings is 1. The van der Waals surface area contributed by atoms with Crippen molar-refractivity contribution in [3.05, 3.63) is 34.3 Å². The highest BCUT2D eigenvalue weighted by molar-refractivity contribution is 7.15. The lowest BCUT2D eigenvalue weighted by molar-refractivity contribution is 0.645. The van der Waals surface area contributed by atoms with Gasteiger partial charge in [0, 0.05) is 12.2 Å². The number of nitrogens with one attached hydrogen (secondary N) is 2. The van der Waals surface area contributed by atoms with Crippen molar-refractivity contribution in [2.45, 2.75) is 19.9 Å². The van der Waals surface area contributed by atoms with Gasteiger partial charge in [0.05, 0.1) is 0 Å². The Morgan fingerprint density at radius 3 is 3.12 bits per heavy atom. The SMILES string of the molecule is Cc1nnc(Nc2cccc3c2CCNC3)s1. The lowest BCUT2D eigenvalue weighted by atomic mass is 9.99. The summed E-state index contributed by atoms with van der Waals surface area (Å²) in [6.07, 6.45) is 1.07. The van der Waals surface area contributed by atoms with Crippen molar-refractivity contribution in [3.8, 4) is 0 Å². The smallest absolute Gasteiger partial charge is 0.210 e. The summed E-state index contributed by atoms with van der Waals surface area (Å²) in [5, 5.41) is 16.7. The van der Waals surface area contributed by atoms with Crippen LogP contribution in [-0.4, -0.2) is 16.7 Å². The molecule has 1 aliphatic heterocycles. The minimum atomic E-state index is 0.870. The first-order valence-electron chi connectivity index (χ1n) is 5.71. The van der Waals surface area contributed by atoms with Crippen molar-refractivity contribution >= 4 is 22.2 Å². The number of aromatic nitrogens is 2. The van der Waals surface area contributed by atoms with Crippen molar-refractivity contribution < 1.29 is 0 Å². The molecule has 17 heavy (non-hydrogen) atoms. The Morgan fingerprint density at radius 2 is 2.29 bits per heavy atom.